The maximum atomic E-state index is 11.9. The first-order valence-electron chi connectivity index (χ1n) is 8.81. The molecule has 0 spiro atoms. The molecule has 0 aliphatic carbocycles. The molecule has 1 amide bonds. The topological polar surface area (TPSA) is 70.0 Å². The van der Waals surface area contributed by atoms with Gasteiger partial charge in [0.1, 0.15) is 11.5 Å². The van der Waals surface area contributed by atoms with E-state index in [0.29, 0.717) is 19.7 Å². The number of piperidine rings is 1. The molecular weight excluding hydrogens is 330 g/mol. The highest BCUT2D eigenvalue weighted by Crippen LogP contribution is 2.33. The number of rotatable bonds is 3. The summed E-state index contributed by atoms with van der Waals surface area (Å²) in [4.78, 5) is 13.7. The smallest absolute Gasteiger partial charge is 0.409 e. The van der Waals surface area contributed by atoms with Crippen molar-refractivity contribution in [2.24, 2.45) is 0 Å². The number of phenolic OH excluding ortho intramolecular Hbond substituents is 2. The van der Waals surface area contributed by atoms with Gasteiger partial charge in [-0.05, 0) is 60.7 Å². The summed E-state index contributed by atoms with van der Waals surface area (Å²) in [6.45, 7) is 3.42. The van der Waals surface area contributed by atoms with Crippen molar-refractivity contribution in [3.63, 3.8) is 0 Å². The van der Waals surface area contributed by atoms with Crippen molar-refractivity contribution in [1.29, 1.82) is 0 Å². The Morgan fingerprint density at radius 3 is 1.81 bits per heavy atom. The zero-order valence-corrected chi connectivity index (χ0v) is 14.8. The Balaban J connectivity index is 1.93. The van der Waals surface area contributed by atoms with Crippen LogP contribution in [0.4, 0.5) is 4.79 Å². The maximum absolute atomic E-state index is 11.9. The predicted molar refractivity (Wildman–Crippen MR) is 100 cm³/mol. The molecule has 1 aliphatic rings. The minimum atomic E-state index is -0.262. The standard InChI is InChI=1S/C21H23NO4/c1-2-26-21(25)22-13-11-17(12-14-22)20(15-3-7-18(23)8-4-15)16-5-9-19(24)10-6-16/h3-10,23-24H,2,11-14H2,1H3. The van der Waals surface area contributed by atoms with Crippen molar-refractivity contribution in [1.82, 2.24) is 4.90 Å². The van der Waals surface area contributed by atoms with Gasteiger partial charge >= 0.3 is 6.09 Å². The molecule has 1 fully saturated rings. The van der Waals surface area contributed by atoms with Crippen molar-refractivity contribution in [2.75, 3.05) is 19.7 Å². The molecule has 1 saturated heterocycles. The summed E-state index contributed by atoms with van der Waals surface area (Å²) >= 11 is 0. The van der Waals surface area contributed by atoms with Crippen LogP contribution in [0.15, 0.2) is 54.1 Å². The summed E-state index contributed by atoms with van der Waals surface area (Å²) in [6, 6.07) is 14.2. The number of ether oxygens (including phenoxy) is 1. The Morgan fingerprint density at radius 2 is 1.38 bits per heavy atom. The molecule has 0 saturated carbocycles. The van der Waals surface area contributed by atoms with Gasteiger partial charge in [0.05, 0.1) is 6.61 Å². The van der Waals surface area contributed by atoms with E-state index in [-0.39, 0.29) is 17.6 Å². The third kappa shape index (κ3) is 3.99. The first-order valence-corrected chi connectivity index (χ1v) is 8.81. The number of amides is 1. The zero-order valence-electron chi connectivity index (χ0n) is 14.8. The number of phenols is 2. The molecule has 136 valence electrons. The van der Waals surface area contributed by atoms with E-state index in [1.807, 2.05) is 24.3 Å². The van der Waals surface area contributed by atoms with Gasteiger partial charge in [-0.1, -0.05) is 29.8 Å². The lowest BCUT2D eigenvalue weighted by molar-refractivity contribution is 0.104. The highest BCUT2D eigenvalue weighted by atomic mass is 16.6. The lowest BCUT2D eigenvalue weighted by atomic mass is 9.88. The summed E-state index contributed by atoms with van der Waals surface area (Å²) in [5.74, 6) is 0.446. The highest BCUT2D eigenvalue weighted by Gasteiger charge is 2.23. The molecule has 0 aromatic heterocycles. The van der Waals surface area contributed by atoms with Gasteiger partial charge in [-0.25, -0.2) is 4.79 Å². The van der Waals surface area contributed by atoms with E-state index in [2.05, 4.69) is 0 Å². The Bertz CT molecular complexity index is 736. The third-order valence-corrected chi connectivity index (χ3v) is 4.56. The second kappa shape index (κ2) is 7.95. The van der Waals surface area contributed by atoms with Crippen LogP contribution < -0.4 is 0 Å². The van der Waals surface area contributed by atoms with Crippen LogP contribution in [0.1, 0.15) is 30.9 Å². The summed E-state index contributed by atoms with van der Waals surface area (Å²) < 4.78 is 5.09. The fourth-order valence-electron chi connectivity index (χ4n) is 3.26. The van der Waals surface area contributed by atoms with Crippen LogP contribution in [0.2, 0.25) is 0 Å². The van der Waals surface area contributed by atoms with E-state index in [1.54, 1.807) is 36.1 Å². The van der Waals surface area contributed by atoms with Gasteiger partial charge in [-0.3, -0.25) is 0 Å². The van der Waals surface area contributed by atoms with Crippen LogP contribution in [0.3, 0.4) is 0 Å². The average Bonchev–Trinajstić information content (AvgIpc) is 2.66. The van der Waals surface area contributed by atoms with Crippen LogP contribution in [0.5, 0.6) is 11.5 Å². The lowest BCUT2D eigenvalue weighted by Gasteiger charge is -2.29. The number of nitrogens with zero attached hydrogens (tertiary/aromatic N) is 1. The van der Waals surface area contributed by atoms with Crippen molar-refractivity contribution >= 4 is 11.7 Å². The Labute approximate surface area is 153 Å². The number of carbonyl (C=O) groups is 1. The van der Waals surface area contributed by atoms with E-state index in [9.17, 15) is 15.0 Å². The van der Waals surface area contributed by atoms with Gasteiger partial charge in [0, 0.05) is 13.1 Å². The second-order valence-electron chi connectivity index (χ2n) is 6.26. The van der Waals surface area contributed by atoms with Gasteiger partial charge in [0.25, 0.3) is 0 Å². The predicted octanol–water partition coefficient (Wildman–Crippen LogP) is 4.15. The SMILES string of the molecule is CCOC(=O)N1CCC(=C(c2ccc(O)cc2)c2ccc(O)cc2)CC1. The number of aromatic hydroxyl groups is 2. The molecule has 2 aromatic rings. The molecule has 0 radical (unpaired) electrons. The van der Waals surface area contributed by atoms with E-state index < -0.39 is 0 Å². The first-order chi connectivity index (χ1) is 12.6. The summed E-state index contributed by atoms with van der Waals surface area (Å²) in [5, 5.41) is 19.2. The highest BCUT2D eigenvalue weighted by molar-refractivity contribution is 5.83. The quantitative estimate of drug-likeness (QED) is 0.870. The molecule has 26 heavy (non-hydrogen) atoms. The minimum Gasteiger partial charge on any atom is -0.508 e. The van der Waals surface area contributed by atoms with Crippen molar-refractivity contribution < 1.29 is 19.7 Å². The zero-order chi connectivity index (χ0) is 18.5. The van der Waals surface area contributed by atoms with Gasteiger partial charge < -0.3 is 19.8 Å². The van der Waals surface area contributed by atoms with Crippen LogP contribution in [-0.2, 0) is 4.74 Å². The largest absolute Gasteiger partial charge is 0.508 e. The number of likely N-dealkylation sites (tertiary alicyclic amines) is 1. The number of carbonyl (C=O) groups excluding carboxylic acids is 1. The van der Waals surface area contributed by atoms with Gasteiger partial charge in [-0.15, -0.1) is 0 Å². The summed E-state index contributed by atoms with van der Waals surface area (Å²) in [6.07, 6.45) is 1.26. The Kier molecular flexibility index (Phi) is 5.46. The molecule has 5 nitrogen and oxygen atoms in total. The number of hydrogen-bond acceptors (Lipinski definition) is 4. The lowest BCUT2D eigenvalue weighted by Crippen LogP contribution is -2.37. The van der Waals surface area contributed by atoms with Crippen LogP contribution >= 0.6 is 0 Å². The fourth-order valence-corrected chi connectivity index (χ4v) is 3.26. The van der Waals surface area contributed by atoms with E-state index in [0.717, 1.165) is 29.5 Å². The molecule has 0 atom stereocenters. The fraction of sp³-hybridized carbons (Fsp3) is 0.286. The summed E-state index contributed by atoms with van der Waals surface area (Å²) in [5.41, 5.74) is 4.36. The molecule has 2 N–H and O–H groups in total. The number of hydrogen-bond donors (Lipinski definition) is 2. The Hall–Kier alpha value is -2.95. The molecule has 5 heteroatoms. The maximum Gasteiger partial charge on any atom is 0.409 e. The van der Waals surface area contributed by atoms with E-state index >= 15 is 0 Å². The van der Waals surface area contributed by atoms with Crippen molar-refractivity contribution in [2.45, 2.75) is 19.8 Å². The Morgan fingerprint density at radius 1 is 0.923 bits per heavy atom. The average molecular weight is 353 g/mol. The monoisotopic (exact) mass is 353 g/mol. The summed E-state index contributed by atoms with van der Waals surface area (Å²) in [7, 11) is 0. The molecule has 1 aliphatic heterocycles. The first kappa shape index (κ1) is 17.9. The second-order valence-corrected chi connectivity index (χ2v) is 6.26. The van der Waals surface area contributed by atoms with Crippen molar-refractivity contribution in [3.8, 4) is 11.5 Å². The van der Waals surface area contributed by atoms with Gasteiger partial charge in [0.15, 0.2) is 0 Å². The van der Waals surface area contributed by atoms with Crippen molar-refractivity contribution in [3.05, 3.63) is 65.2 Å². The number of benzene rings is 2. The third-order valence-electron chi connectivity index (χ3n) is 4.56. The molecule has 0 bridgehead atoms. The van der Waals surface area contributed by atoms with E-state index in [4.69, 9.17) is 4.74 Å². The molecule has 3 rings (SSSR count). The minimum absolute atomic E-state index is 0.223. The molecular formula is C21H23NO4. The molecule has 2 aromatic carbocycles. The van der Waals surface area contributed by atoms with Crippen LogP contribution in [0, 0.1) is 0 Å². The normalized spacial score (nSPS) is 14.2. The molecule has 0 unspecified atom stereocenters. The van der Waals surface area contributed by atoms with Gasteiger partial charge in [0.2, 0.25) is 0 Å². The van der Waals surface area contributed by atoms with Crippen LogP contribution in [0.25, 0.3) is 5.57 Å². The van der Waals surface area contributed by atoms with Gasteiger partial charge in [-0.2, -0.15) is 0 Å². The molecule has 1 heterocycles. The van der Waals surface area contributed by atoms with Crippen LogP contribution in [-0.4, -0.2) is 40.9 Å². The van der Waals surface area contributed by atoms with E-state index in [1.165, 1.54) is 5.57 Å².